The molecule has 1 heterocycles. The maximum atomic E-state index is 9.82. The fourth-order valence-corrected chi connectivity index (χ4v) is 2.23. The number of pyridine rings is 1. The zero-order chi connectivity index (χ0) is 17.6. The molecule has 1 aromatic carbocycles. The van der Waals surface area contributed by atoms with E-state index in [0.717, 1.165) is 11.1 Å². The van der Waals surface area contributed by atoms with Crippen LogP contribution in [-0.4, -0.2) is 29.3 Å². The van der Waals surface area contributed by atoms with Crippen LogP contribution in [0.1, 0.15) is 37.9 Å². The molecule has 2 aromatic rings. The molecule has 0 saturated carbocycles. The molecule has 1 aromatic heterocycles. The number of hydrogen-bond donors (Lipinski definition) is 2. The Morgan fingerprint density at radius 3 is 2.50 bits per heavy atom. The zero-order valence-electron chi connectivity index (χ0n) is 14.7. The van der Waals surface area contributed by atoms with Crippen molar-refractivity contribution >= 4 is 0 Å². The summed E-state index contributed by atoms with van der Waals surface area (Å²) < 4.78 is 11.3. The number of rotatable bonds is 8. The summed E-state index contributed by atoms with van der Waals surface area (Å²) in [6, 6.07) is 9.82. The first-order valence-electron chi connectivity index (χ1n) is 8.04. The van der Waals surface area contributed by atoms with Crippen molar-refractivity contribution in [3.05, 3.63) is 53.9 Å². The summed E-state index contributed by atoms with van der Waals surface area (Å²) in [6.07, 6.45) is 3.49. The van der Waals surface area contributed by atoms with Crippen LogP contribution in [0.15, 0.2) is 42.7 Å². The van der Waals surface area contributed by atoms with Crippen LogP contribution >= 0.6 is 0 Å². The average molecular weight is 330 g/mol. The first kappa shape index (κ1) is 18.2. The summed E-state index contributed by atoms with van der Waals surface area (Å²) in [4.78, 5) is 3.99. The molecule has 1 atom stereocenters. The Morgan fingerprint density at radius 1 is 1.17 bits per heavy atom. The van der Waals surface area contributed by atoms with Gasteiger partial charge < -0.3 is 19.9 Å². The molecule has 5 heteroatoms. The zero-order valence-corrected chi connectivity index (χ0v) is 14.7. The van der Waals surface area contributed by atoms with E-state index in [1.165, 1.54) is 0 Å². The molecule has 0 aliphatic carbocycles. The lowest BCUT2D eigenvalue weighted by atomic mass is 10.1. The highest BCUT2D eigenvalue weighted by atomic mass is 16.5. The van der Waals surface area contributed by atoms with Gasteiger partial charge >= 0.3 is 0 Å². The van der Waals surface area contributed by atoms with Crippen LogP contribution in [0.4, 0.5) is 0 Å². The van der Waals surface area contributed by atoms with Gasteiger partial charge in [0.05, 0.1) is 12.7 Å². The number of ether oxygens (including phenoxy) is 2. The van der Waals surface area contributed by atoms with E-state index in [-0.39, 0.29) is 6.04 Å². The Kier molecular flexibility index (Phi) is 6.17. The summed E-state index contributed by atoms with van der Waals surface area (Å²) in [5.74, 6) is 1.39. The second kappa shape index (κ2) is 8.13. The lowest BCUT2D eigenvalue weighted by Crippen LogP contribution is -2.36. The third-order valence-electron chi connectivity index (χ3n) is 3.67. The van der Waals surface area contributed by atoms with E-state index >= 15 is 0 Å². The predicted octanol–water partition coefficient (Wildman–Crippen LogP) is 3.09. The van der Waals surface area contributed by atoms with Crippen molar-refractivity contribution in [3.8, 4) is 11.5 Å². The molecule has 0 spiro atoms. The minimum atomic E-state index is -0.744. The summed E-state index contributed by atoms with van der Waals surface area (Å²) in [7, 11) is 1.63. The topological polar surface area (TPSA) is 63.6 Å². The van der Waals surface area contributed by atoms with Gasteiger partial charge in [-0.2, -0.15) is 0 Å². The summed E-state index contributed by atoms with van der Waals surface area (Å²) >= 11 is 0. The van der Waals surface area contributed by atoms with Gasteiger partial charge in [0.15, 0.2) is 11.5 Å². The van der Waals surface area contributed by atoms with E-state index < -0.39 is 5.60 Å². The molecular weight excluding hydrogens is 304 g/mol. The van der Waals surface area contributed by atoms with Crippen LogP contribution in [0.5, 0.6) is 11.5 Å². The van der Waals surface area contributed by atoms with E-state index in [2.05, 4.69) is 17.2 Å². The highest BCUT2D eigenvalue weighted by molar-refractivity contribution is 5.44. The van der Waals surface area contributed by atoms with E-state index in [1.807, 2.05) is 30.3 Å². The van der Waals surface area contributed by atoms with Gasteiger partial charge in [0.1, 0.15) is 6.61 Å². The number of aliphatic hydroxyl groups is 1. The Morgan fingerprint density at radius 2 is 1.88 bits per heavy atom. The molecule has 130 valence electrons. The number of nitrogens with one attached hydrogen (secondary N) is 1. The third kappa shape index (κ3) is 5.51. The second-order valence-corrected chi connectivity index (χ2v) is 6.47. The van der Waals surface area contributed by atoms with Crippen molar-refractivity contribution in [3.63, 3.8) is 0 Å². The van der Waals surface area contributed by atoms with Gasteiger partial charge in [0.25, 0.3) is 0 Å². The van der Waals surface area contributed by atoms with Crippen LogP contribution < -0.4 is 14.8 Å². The van der Waals surface area contributed by atoms with E-state index in [1.54, 1.807) is 33.4 Å². The number of hydrogen-bond acceptors (Lipinski definition) is 5. The Bertz CT molecular complexity index is 639. The molecule has 0 amide bonds. The van der Waals surface area contributed by atoms with Gasteiger partial charge in [-0.05, 0) is 56.2 Å². The highest BCUT2D eigenvalue weighted by Crippen LogP contribution is 2.31. The van der Waals surface area contributed by atoms with Crippen molar-refractivity contribution < 1.29 is 14.6 Å². The van der Waals surface area contributed by atoms with Crippen LogP contribution in [0, 0.1) is 0 Å². The largest absolute Gasteiger partial charge is 0.493 e. The SMILES string of the molecule is COc1cc(C(C)NCC(C)(C)O)ccc1OCc1ccncc1. The summed E-state index contributed by atoms with van der Waals surface area (Å²) in [5, 5.41) is 13.1. The van der Waals surface area contributed by atoms with Crippen molar-refractivity contribution in [2.24, 2.45) is 0 Å². The summed E-state index contributed by atoms with van der Waals surface area (Å²) in [5.41, 5.74) is 1.38. The molecule has 1 unspecified atom stereocenters. The Labute approximate surface area is 143 Å². The number of methoxy groups -OCH3 is 1. The number of benzene rings is 1. The monoisotopic (exact) mass is 330 g/mol. The standard InChI is InChI=1S/C19H26N2O3/c1-14(21-13-19(2,3)22)16-5-6-17(18(11-16)23-4)24-12-15-7-9-20-10-8-15/h5-11,14,21-22H,12-13H2,1-4H3. The fraction of sp³-hybridized carbons (Fsp3) is 0.421. The van der Waals surface area contributed by atoms with Crippen LogP contribution in [0.25, 0.3) is 0 Å². The molecule has 0 bridgehead atoms. The second-order valence-electron chi connectivity index (χ2n) is 6.47. The molecular formula is C19H26N2O3. The predicted molar refractivity (Wildman–Crippen MR) is 94.3 cm³/mol. The van der Waals surface area contributed by atoms with Gasteiger partial charge in [-0.3, -0.25) is 4.98 Å². The van der Waals surface area contributed by atoms with Crippen molar-refractivity contribution in [1.82, 2.24) is 10.3 Å². The third-order valence-corrected chi connectivity index (χ3v) is 3.67. The fourth-order valence-electron chi connectivity index (χ4n) is 2.23. The van der Waals surface area contributed by atoms with Crippen LogP contribution in [0.2, 0.25) is 0 Å². The minimum Gasteiger partial charge on any atom is -0.493 e. The van der Waals surface area contributed by atoms with E-state index in [4.69, 9.17) is 9.47 Å². The quantitative estimate of drug-likeness (QED) is 0.779. The van der Waals surface area contributed by atoms with Crippen molar-refractivity contribution in [2.45, 2.75) is 39.0 Å². The average Bonchev–Trinajstić information content (AvgIpc) is 2.58. The van der Waals surface area contributed by atoms with Gasteiger partial charge in [-0.25, -0.2) is 0 Å². The molecule has 0 fully saturated rings. The molecule has 0 aliphatic heterocycles. The van der Waals surface area contributed by atoms with E-state index in [9.17, 15) is 5.11 Å². The van der Waals surface area contributed by atoms with Crippen LogP contribution in [-0.2, 0) is 6.61 Å². The smallest absolute Gasteiger partial charge is 0.161 e. The maximum absolute atomic E-state index is 9.82. The van der Waals surface area contributed by atoms with Gasteiger partial charge in [0, 0.05) is 25.0 Å². The maximum Gasteiger partial charge on any atom is 0.161 e. The van der Waals surface area contributed by atoms with Crippen molar-refractivity contribution in [2.75, 3.05) is 13.7 Å². The number of aromatic nitrogens is 1. The highest BCUT2D eigenvalue weighted by Gasteiger charge is 2.16. The normalized spacial score (nSPS) is 12.7. The first-order valence-corrected chi connectivity index (χ1v) is 8.04. The molecule has 2 rings (SSSR count). The molecule has 5 nitrogen and oxygen atoms in total. The molecule has 24 heavy (non-hydrogen) atoms. The summed E-state index contributed by atoms with van der Waals surface area (Å²) in [6.45, 7) is 6.59. The number of nitrogens with zero attached hydrogens (tertiary/aromatic N) is 1. The van der Waals surface area contributed by atoms with E-state index in [0.29, 0.717) is 24.7 Å². The lowest BCUT2D eigenvalue weighted by Gasteiger charge is -2.22. The van der Waals surface area contributed by atoms with Gasteiger partial charge in [-0.1, -0.05) is 6.07 Å². The molecule has 2 N–H and O–H groups in total. The Balaban J connectivity index is 2.04. The lowest BCUT2D eigenvalue weighted by molar-refractivity contribution is 0.0770. The molecule has 0 radical (unpaired) electrons. The Hall–Kier alpha value is -2.11. The molecule has 0 aliphatic rings. The molecule has 0 saturated heterocycles. The van der Waals surface area contributed by atoms with Crippen LogP contribution in [0.3, 0.4) is 0 Å². The first-order chi connectivity index (χ1) is 11.4. The minimum absolute atomic E-state index is 0.0968. The van der Waals surface area contributed by atoms with Gasteiger partial charge in [-0.15, -0.1) is 0 Å². The van der Waals surface area contributed by atoms with Gasteiger partial charge in [0.2, 0.25) is 0 Å². The van der Waals surface area contributed by atoms with Crippen molar-refractivity contribution in [1.29, 1.82) is 0 Å².